The summed E-state index contributed by atoms with van der Waals surface area (Å²) < 4.78 is 31.8. The maximum Gasteiger partial charge on any atom is 0.309 e. The van der Waals surface area contributed by atoms with Crippen LogP contribution in [0.5, 0.6) is 0 Å². The molecule has 5 N–H and O–H groups in total. The molecule has 0 bridgehead atoms. The first-order valence-corrected chi connectivity index (χ1v) is 11.1. The highest BCUT2D eigenvalue weighted by atomic mass is 32.2. The Morgan fingerprint density at radius 1 is 0.893 bits per heavy atom. The molecule has 162 valence electrons. The fraction of sp³-hybridized carbons (Fsp3) is 0.600. The number of hydrogen-bond donors (Lipinski definition) is 3. The van der Waals surface area contributed by atoms with Gasteiger partial charge in [0.05, 0.1) is 4.90 Å². The van der Waals surface area contributed by atoms with Gasteiger partial charge in [-0.25, -0.2) is 4.79 Å². The number of benzene rings is 1. The molecule has 0 aliphatic rings. The molecule has 0 aliphatic carbocycles. The molecule has 2 amide bonds. The van der Waals surface area contributed by atoms with E-state index in [4.69, 9.17) is 9.59 Å². The highest BCUT2D eigenvalue weighted by Crippen LogP contribution is 2.18. The lowest BCUT2D eigenvalue weighted by atomic mass is 10.0. The Labute approximate surface area is 169 Å². The highest BCUT2D eigenvalue weighted by molar-refractivity contribution is 7.85. The number of aryl methyl sites for hydroxylation is 1. The maximum absolute atomic E-state index is 11.3. The van der Waals surface area contributed by atoms with Gasteiger partial charge in [0.25, 0.3) is 10.1 Å². The van der Waals surface area contributed by atoms with Crippen LogP contribution in [0.4, 0.5) is 4.79 Å². The number of hydrogen-bond acceptors (Lipinski definition) is 4. The minimum Gasteiger partial charge on any atom is -0.352 e. The van der Waals surface area contributed by atoms with E-state index in [1.807, 2.05) is 12.9 Å². The molecule has 7 nitrogen and oxygen atoms in total. The molecule has 0 unspecified atom stereocenters. The number of carbonyl (C=O) groups excluding carboxylic acids is 2. The Balaban J connectivity index is 0. The smallest absolute Gasteiger partial charge is 0.309 e. The average molecular weight is 417 g/mol. The summed E-state index contributed by atoms with van der Waals surface area (Å²) in [5.41, 5.74) is 9.23. The molecular weight excluding hydrogens is 380 g/mol. The number of nitrogens with two attached hydrogens (primary N) is 2. The van der Waals surface area contributed by atoms with E-state index in [1.54, 1.807) is 12.1 Å². The summed E-state index contributed by atoms with van der Waals surface area (Å²) in [6.45, 7) is 4.24. The molecule has 0 heterocycles. The topological polar surface area (TPSA) is 141 Å². The fourth-order valence-corrected chi connectivity index (χ4v) is 3.52. The normalized spacial score (nSPS) is 10.2. The minimum absolute atomic E-state index is 0.0610. The van der Waals surface area contributed by atoms with Gasteiger partial charge in [0.1, 0.15) is 6.79 Å². The molecular formula is C20H36N2O5S. The van der Waals surface area contributed by atoms with Crippen molar-refractivity contribution in [3.8, 4) is 0 Å². The molecule has 0 aliphatic heterocycles. The Hall–Kier alpha value is -1.93. The van der Waals surface area contributed by atoms with Gasteiger partial charge < -0.3 is 16.3 Å². The fourth-order valence-electron chi connectivity index (χ4n) is 2.76. The summed E-state index contributed by atoms with van der Waals surface area (Å²) in [4.78, 5) is 17.1. The third-order valence-electron chi connectivity index (χ3n) is 4.05. The van der Waals surface area contributed by atoms with Gasteiger partial charge in [-0.3, -0.25) is 4.55 Å². The van der Waals surface area contributed by atoms with Crippen LogP contribution < -0.4 is 11.5 Å². The number of primary amides is 2. The summed E-state index contributed by atoms with van der Waals surface area (Å²) in [6, 6.07) is 5.89. The van der Waals surface area contributed by atoms with Gasteiger partial charge >= 0.3 is 6.03 Å². The maximum atomic E-state index is 11.3. The predicted molar refractivity (Wildman–Crippen MR) is 113 cm³/mol. The van der Waals surface area contributed by atoms with E-state index in [0.717, 1.165) is 18.4 Å². The molecule has 1 rings (SSSR count). The van der Waals surface area contributed by atoms with Crippen molar-refractivity contribution in [1.82, 2.24) is 0 Å². The minimum atomic E-state index is -4.10. The quantitative estimate of drug-likeness (QED) is 0.345. The standard InChI is InChI=1S/C18H30O3S.CH4N2O.CH2O/c1-2-3-4-5-6-7-8-9-10-11-14-17-15-12-13-16-18(17)22(19,20)21;2-1(3)4;1-2/h12-13,15-16H,2-11,14H2,1H3,(H,19,20,21);(H4,2,3,4);1H2. The molecule has 0 atom stereocenters. The second-order valence-corrected chi connectivity index (χ2v) is 7.81. The number of carbonyl (C=O) groups is 2. The van der Waals surface area contributed by atoms with Gasteiger partial charge in [0, 0.05) is 0 Å². The van der Waals surface area contributed by atoms with E-state index in [1.165, 1.54) is 57.4 Å². The van der Waals surface area contributed by atoms with Crippen LogP contribution in [0.1, 0.15) is 76.7 Å². The van der Waals surface area contributed by atoms with Crippen molar-refractivity contribution >= 4 is 22.9 Å². The first-order valence-electron chi connectivity index (χ1n) is 9.68. The van der Waals surface area contributed by atoms with E-state index >= 15 is 0 Å². The average Bonchev–Trinajstić information content (AvgIpc) is 2.64. The largest absolute Gasteiger partial charge is 0.352 e. The number of rotatable bonds is 12. The van der Waals surface area contributed by atoms with Gasteiger partial charge in [-0.2, -0.15) is 8.42 Å². The second kappa shape index (κ2) is 18.4. The van der Waals surface area contributed by atoms with Gasteiger partial charge in [-0.1, -0.05) is 82.9 Å². The Kier molecular flexibility index (Phi) is 18.6. The van der Waals surface area contributed by atoms with Crippen molar-refractivity contribution in [2.75, 3.05) is 0 Å². The molecule has 0 saturated heterocycles. The van der Waals surface area contributed by atoms with Gasteiger partial charge in [0.2, 0.25) is 0 Å². The van der Waals surface area contributed by atoms with Crippen LogP contribution >= 0.6 is 0 Å². The summed E-state index contributed by atoms with van der Waals surface area (Å²) in [5, 5.41) is 0. The predicted octanol–water partition coefficient (Wildman–Crippen LogP) is 4.24. The van der Waals surface area contributed by atoms with Crippen LogP contribution in [-0.2, 0) is 21.3 Å². The summed E-state index contributed by atoms with van der Waals surface area (Å²) in [5.74, 6) is 0. The van der Waals surface area contributed by atoms with Crippen LogP contribution in [-0.4, -0.2) is 25.8 Å². The van der Waals surface area contributed by atoms with Crippen LogP contribution in [0, 0.1) is 0 Å². The van der Waals surface area contributed by atoms with E-state index < -0.39 is 16.1 Å². The highest BCUT2D eigenvalue weighted by Gasteiger charge is 2.13. The van der Waals surface area contributed by atoms with Crippen molar-refractivity contribution in [3.63, 3.8) is 0 Å². The third kappa shape index (κ3) is 17.5. The molecule has 1 aromatic rings. The first kappa shape index (κ1) is 28.3. The van der Waals surface area contributed by atoms with Crippen molar-refractivity contribution in [2.24, 2.45) is 11.5 Å². The van der Waals surface area contributed by atoms with E-state index in [2.05, 4.69) is 18.4 Å². The monoisotopic (exact) mass is 416 g/mol. The van der Waals surface area contributed by atoms with E-state index in [0.29, 0.717) is 6.42 Å². The number of unbranched alkanes of at least 4 members (excludes halogenated alkanes) is 9. The molecule has 0 saturated carbocycles. The van der Waals surface area contributed by atoms with E-state index in [-0.39, 0.29) is 4.90 Å². The van der Waals surface area contributed by atoms with Crippen molar-refractivity contribution in [3.05, 3.63) is 29.8 Å². The zero-order valence-corrected chi connectivity index (χ0v) is 17.8. The molecule has 0 aromatic heterocycles. The SMILES string of the molecule is C=O.CCCCCCCCCCCCc1ccccc1S(=O)(=O)O.NC(N)=O. The second-order valence-electron chi connectivity index (χ2n) is 6.42. The summed E-state index contributed by atoms with van der Waals surface area (Å²) in [6.07, 6.45) is 13.3. The Morgan fingerprint density at radius 3 is 1.71 bits per heavy atom. The van der Waals surface area contributed by atoms with Crippen molar-refractivity contribution < 1.29 is 22.6 Å². The van der Waals surface area contributed by atoms with Crippen molar-refractivity contribution in [2.45, 2.75) is 82.4 Å². The van der Waals surface area contributed by atoms with Gasteiger partial charge in [-0.15, -0.1) is 0 Å². The van der Waals surface area contributed by atoms with Gasteiger partial charge in [0.15, 0.2) is 0 Å². The van der Waals surface area contributed by atoms with Crippen LogP contribution in [0.2, 0.25) is 0 Å². The Morgan fingerprint density at radius 2 is 1.29 bits per heavy atom. The zero-order chi connectivity index (χ0) is 21.8. The van der Waals surface area contributed by atoms with Crippen LogP contribution in [0.25, 0.3) is 0 Å². The van der Waals surface area contributed by atoms with Crippen LogP contribution in [0.15, 0.2) is 29.2 Å². The molecule has 0 spiro atoms. The number of urea groups is 1. The molecule has 0 radical (unpaired) electrons. The lowest BCUT2D eigenvalue weighted by Gasteiger charge is -2.07. The summed E-state index contributed by atoms with van der Waals surface area (Å²) in [7, 11) is -4.10. The Bertz CT molecular complexity index is 617. The summed E-state index contributed by atoms with van der Waals surface area (Å²) >= 11 is 0. The number of amides is 2. The lowest BCUT2D eigenvalue weighted by molar-refractivity contribution is -0.0980. The first-order chi connectivity index (χ1) is 13.3. The van der Waals surface area contributed by atoms with Gasteiger partial charge in [-0.05, 0) is 24.5 Å². The van der Waals surface area contributed by atoms with E-state index in [9.17, 15) is 13.0 Å². The molecule has 0 fully saturated rings. The third-order valence-corrected chi connectivity index (χ3v) is 5.00. The lowest BCUT2D eigenvalue weighted by Crippen LogP contribution is -2.18. The van der Waals surface area contributed by atoms with Crippen molar-refractivity contribution in [1.29, 1.82) is 0 Å². The molecule has 28 heavy (non-hydrogen) atoms. The molecule has 1 aromatic carbocycles. The zero-order valence-electron chi connectivity index (χ0n) is 16.9. The molecule has 8 heteroatoms. The van der Waals surface area contributed by atoms with Crippen LogP contribution in [0.3, 0.4) is 0 Å².